The molecule has 48 valence electrons. The Morgan fingerprint density at radius 1 is 1.78 bits per heavy atom. The van der Waals surface area contributed by atoms with Gasteiger partial charge in [0.2, 0.25) is 0 Å². The maximum atomic E-state index is 8.76. The Morgan fingerprint density at radius 2 is 2.56 bits per heavy atom. The molecule has 0 spiro atoms. The van der Waals surface area contributed by atoms with Gasteiger partial charge in [-0.05, 0) is 10.4 Å². The molecule has 5 heteroatoms. The molecule has 0 aliphatic heterocycles. The minimum absolute atomic E-state index is 0.185. The van der Waals surface area contributed by atoms with Gasteiger partial charge in [0.15, 0.2) is 0 Å². The summed E-state index contributed by atoms with van der Waals surface area (Å²) in [4.78, 5) is 0. The zero-order chi connectivity index (χ0) is 6.69. The Labute approximate surface area is 51.6 Å². The van der Waals surface area contributed by atoms with Gasteiger partial charge in [-0.3, -0.25) is 0 Å². The number of rotatable bonds is 2. The number of hydrogen-bond donors (Lipinski definition) is 1. The normalized spacial score (nSPS) is 9.33. The van der Waals surface area contributed by atoms with Crippen molar-refractivity contribution in [2.45, 2.75) is 6.54 Å². The highest BCUT2D eigenvalue weighted by molar-refractivity contribution is 4.84. The fourth-order valence-corrected chi connectivity index (χ4v) is 0.440. The lowest BCUT2D eigenvalue weighted by molar-refractivity contribution is 0.394. The molecule has 9 heavy (non-hydrogen) atoms. The van der Waals surface area contributed by atoms with E-state index >= 15 is 0 Å². The van der Waals surface area contributed by atoms with E-state index in [1.54, 1.807) is 6.08 Å². The van der Waals surface area contributed by atoms with Crippen LogP contribution in [-0.2, 0) is 6.54 Å². The first-order valence-electron chi connectivity index (χ1n) is 2.40. The lowest BCUT2D eigenvalue weighted by atomic mass is 10.6. The molecule has 0 aliphatic carbocycles. The van der Waals surface area contributed by atoms with E-state index in [2.05, 4.69) is 22.1 Å². The predicted octanol–water partition coefficient (Wildman–Crippen LogP) is -0.435. The molecule has 1 heterocycles. The van der Waals surface area contributed by atoms with Crippen LogP contribution in [0.3, 0.4) is 0 Å². The molecular weight excluding hydrogens is 120 g/mol. The molecule has 5 nitrogen and oxygen atoms in total. The van der Waals surface area contributed by atoms with E-state index in [1.165, 1.54) is 4.68 Å². The molecule has 1 N–H and O–H groups in total. The maximum absolute atomic E-state index is 8.76. The van der Waals surface area contributed by atoms with Crippen LogP contribution in [0.5, 0.6) is 6.01 Å². The number of tetrazole rings is 1. The van der Waals surface area contributed by atoms with Gasteiger partial charge >= 0.3 is 6.01 Å². The molecule has 0 amide bonds. The summed E-state index contributed by atoms with van der Waals surface area (Å²) in [5.74, 6) is 0. The van der Waals surface area contributed by atoms with E-state index in [0.29, 0.717) is 6.54 Å². The Balaban J connectivity index is 2.80. The summed E-state index contributed by atoms with van der Waals surface area (Å²) in [5.41, 5.74) is 0. The Hall–Kier alpha value is -1.39. The quantitative estimate of drug-likeness (QED) is 0.546. The van der Waals surface area contributed by atoms with Crippen LogP contribution in [0.4, 0.5) is 0 Å². The monoisotopic (exact) mass is 126 g/mol. The lowest BCUT2D eigenvalue weighted by Gasteiger charge is -1.90. The molecule has 0 bridgehead atoms. The van der Waals surface area contributed by atoms with E-state index in [0.717, 1.165) is 0 Å². The summed E-state index contributed by atoms with van der Waals surface area (Å²) >= 11 is 0. The first kappa shape index (κ1) is 5.74. The number of allylic oxidation sites excluding steroid dienone is 1. The summed E-state index contributed by atoms with van der Waals surface area (Å²) in [7, 11) is 0. The second-order valence-corrected chi connectivity index (χ2v) is 1.45. The topological polar surface area (TPSA) is 63.8 Å². The minimum Gasteiger partial charge on any atom is -0.478 e. The van der Waals surface area contributed by atoms with Crippen molar-refractivity contribution in [2.75, 3.05) is 0 Å². The molecule has 0 aromatic carbocycles. The van der Waals surface area contributed by atoms with Crippen LogP contribution in [0.2, 0.25) is 0 Å². The van der Waals surface area contributed by atoms with Crippen LogP contribution in [0, 0.1) is 0 Å². The molecule has 0 saturated carbocycles. The Kier molecular flexibility index (Phi) is 1.44. The standard InChI is InChI=1S/C4H6N4O/c1-2-3-8-4(9)5-6-7-8/h2H,1,3H2,(H,5,7,9). The van der Waals surface area contributed by atoms with Crippen molar-refractivity contribution in [1.82, 2.24) is 20.2 Å². The van der Waals surface area contributed by atoms with E-state index in [1.807, 2.05) is 0 Å². The second kappa shape index (κ2) is 2.25. The van der Waals surface area contributed by atoms with Crippen molar-refractivity contribution in [1.29, 1.82) is 0 Å². The van der Waals surface area contributed by atoms with E-state index in [9.17, 15) is 0 Å². The second-order valence-electron chi connectivity index (χ2n) is 1.45. The third-order valence-electron chi connectivity index (χ3n) is 0.815. The molecule has 0 saturated heterocycles. The molecule has 0 radical (unpaired) electrons. The van der Waals surface area contributed by atoms with Crippen LogP contribution < -0.4 is 0 Å². The largest absolute Gasteiger partial charge is 0.478 e. The van der Waals surface area contributed by atoms with Gasteiger partial charge in [-0.1, -0.05) is 11.2 Å². The molecule has 1 aromatic rings. The fraction of sp³-hybridized carbons (Fsp3) is 0.250. The van der Waals surface area contributed by atoms with Crippen molar-refractivity contribution in [3.8, 4) is 6.01 Å². The number of aromatic nitrogens is 4. The number of nitrogens with zero attached hydrogens (tertiary/aromatic N) is 4. The van der Waals surface area contributed by atoms with Crippen LogP contribution in [0.15, 0.2) is 12.7 Å². The van der Waals surface area contributed by atoms with Gasteiger partial charge in [-0.15, -0.1) is 6.58 Å². The van der Waals surface area contributed by atoms with Gasteiger partial charge in [-0.2, -0.15) is 4.68 Å². The van der Waals surface area contributed by atoms with Crippen LogP contribution in [0.25, 0.3) is 0 Å². The summed E-state index contributed by atoms with van der Waals surface area (Å²) in [6.07, 6.45) is 1.59. The van der Waals surface area contributed by atoms with Gasteiger partial charge in [0.25, 0.3) is 0 Å². The number of hydrogen-bond acceptors (Lipinski definition) is 4. The molecular formula is C4H6N4O. The van der Waals surface area contributed by atoms with Crippen molar-refractivity contribution >= 4 is 0 Å². The average Bonchev–Trinajstić information content (AvgIpc) is 2.18. The van der Waals surface area contributed by atoms with E-state index in [-0.39, 0.29) is 6.01 Å². The van der Waals surface area contributed by atoms with Crippen molar-refractivity contribution < 1.29 is 5.11 Å². The van der Waals surface area contributed by atoms with Crippen LogP contribution in [0.1, 0.15) is 0 Å². The fourth-order valence-electron chi connectivity index (χ4n) is 0.440. The van der Waals surface area contributed by atoms with E-state index < -0.39 is 0 Å². The van der Waals surface area contributed by atoms with Crippen molar-refractivity contribution in [3.05, 3.63) is 12.7 Å². The third kappa shape index (κ3) is 1.04. The van der Waals surface area contributed by atoms with Crippen LogP contribution in [-0.4, -0.2) is 25.3 Å². The predicted molar refractivity (Wildman–Crippen MR) is 29.7 cm³/mol. The summed E-state index contributed by atoms with van der Waals surface area (Å²) in [6.45, 7) is 3.88. The highest BCUT2D eigenvalue weighted by Crippen LogP contribution is 1.96. The Bertz CT molecular complexity index is 206. The van der Waals surface area contributed by atoms with Crippen molar-refractivity contribution in [2.24, 2.45) is 0 Å². The smallest absolute Gasteiger partial charge is 0.333 e. The summed E-state index contributed by atoms with van der Waals surface area (Å²) in [5, 5.41) is 18.7. The average molecular weight is 126 g/mol. The lowest BCUT2D eigenvalue weighted by Crippen LogP contribution is -1.96. The van der Waals surface area contributed by atoms with Gasteiger partial charge < -0.3 is 5.11 Å². The maximum Gasteiger partial charge on any atom is 0.333 e. The number of aromatic hydroxyl groups is 1. The van der Waals surface area contributed by atoms with Crippen molar-refractivity contribution in [3.63, 3.8) is 0 Å². The highest BCUT2D eigenvalue weighted by Gasteiger charge is 1.97. The molecule has 0 atom stereocenters. The molecule has 0 fully saturated rings. The summed E-state index contributed by atoms with van der Waals surface area (Å²) < 4.78 is 1.23. The van der Waals surface area contributed by atoms with Gasteiger partial charge in [0, 0.05) is 0 Å². The molecule has 0 unspecified atom stereocenters. The third-order valence-corrected chi connectivity index (χ3v) is 0.815. The van der Waals surface area contributed by atoms with Gasteiger partial charge in [0.05, 0.1) is 6.54 Å². The molecule has 1 aromatic heterocycles. The highest BCUT2D eigenvalue weighted by atomic mass is 16.3. The van der Waals surface area contributed by atoms with Gasteiger partial charge in [0.1, 0.15) is 0 Å². The zero-order valence-corrected chi connectivity index (χ0v) is 4.73. The first-order chi connectivity index (χ1) is 4.34. The molecule has 1 rings (SSSR count). The van der Waals surface area contributed by atoms with E-state index in [4.69, 9.17) is 5.11 Å². The Morgan fingerprint density at radius 3 is 3.00 bits per heavy atom. The first-order valence-corrected chi connectivity index (χ1v) is 2.40. The SMILES string of the molecule is C=CCn1nnnc1O. The molecule has 0 aliphatic rings. The zero-order valence-electron chi connectivity index (χ0n) is 4.73. The minimum atomic E-state index is -0.185. The van der Waals surface area contributed by atoms with Gasteiger partial charge in [-0.25, -0.2) is 0 Å². The van der Waals surface area contributed by atoms with Crippen LogP contribution >= 0.6 is 0 Å². The summed E-state index contributed by atoms with van der Waals surface area (Å²) in [6, 6.07) is -0.185.